The molecule has 2 N–H and O–H groups in total. The lowest BCUT2D eigenvalue weighted by Crippen LogP contribution is -2.40. The number of aliphatic hydroxyl groups excluding tert-OH is 2. The second-order valence-corrected chi connectivity index (χ2v) is 4.56. The Morgan fingerprint density at radius 1 is 1.24 bits per heavy atom. The molecule has 2 rings (SSSR count). The average Bonchev–Trinajstić information content (AvgIpc) is 2.45. The first kappa shape index (κ1) is 15.7. The SMILES string of the molecule is OC1CC(C(O)C(F)F)N=C(c2cccc(C(F)F)c2)O1. The van der Waals surface area contributed by atoms with Crippen LogP contribution < -0.4 is 0 Å². The molecule has 0 bridgehead atoms. The van der Waals surface area contributed by atoms with Gasteiger partial charge in [0.1, 0.15) is 6.10 Å². The molecule has 3 atom stereocenters. The molecule has 0 saturated heterocycles. The monoisotopic (exact) mass is 307 g/mol. The lowest BCUT2D eigenvalue weighted by Gasteiger charge is -2.28. The predicted molar refractivity (Wildman–Crippen MR) is 65.4 cm³/mol. The van der Waals surface area contributed by atoms with E-state index in [-0.39, 0.29) is 23.4 Å². The molecule has 8 heteroatoms. The quantitative estimate of drug-likeness (QED) is 0.838. The van der Waals surface area contributed by atoms with Gasteiger partial charge in [0, 0.05) is 17.5 Å². The minimum Gasteiger partial charge on any atom is -0.448 e. The summed E-state index contributed by atoms with van der Waals surface area (Å²) < 4.78 is 55.2. The number of hydrogen-bond donors (Lipinski definition) is 2. The smallest absolute Gasteiger partial charge is 0.266 e. The van der Waals surface area contributed by atoms with E-state index in [9.17, 15) is 27.8 Å². The largest absolute Gasteiger partial charge is 0.448 e. The Kier molecular flexibility index (Phi) is 4.79. The van der Waals surface area contributed by atoms with Crippen molar-refractivity contribution in [2.45, 2.75) is 37.7 Å². The maximum absolute atomic E-state index is 12.6. The summed E-state index contributed by atoms with van der Waals surface area (Å²) in [4.78, 5) is 3.78. The zero-order valence-corrected chi connectivity index (χ0v) is 10.7. The van der Waals surface area contributed by atoms with Crippen molar-refractivity contribution in [2.75, 3.05) is 0 Å². The summed E-state index contributed by atoms with van der Waals surface area (Å²) in [7, 11) is 0. The molecule has 21 heavy (non-hydrogen) atoms. The van der Waals surface area contributed by atoms with Crippen LogP contribution in [0.3, 0.4) is 0 Å². The van der Waals surface area contributed by atoms with E-state index in [2.05, 4.69) is 4.99 Å². The Bertz CT molecular complexity index is 524. The van der Waals surface area contributed by atoms with Crippen molar-refractivity contribution in [3.63, 3.8) is 0 Å². The number of halogens is 4. The van der Waals surface area contributed by atoms with E-state index >= 15 is 0 Å². The fraction of sp³-hybridized carbons (Fsp3) is 0.462. The molecule has 1 aliphatic heterocycles. The van der Waals surface area contributed by atoms with E-state index < -0.39 is 31.3 Å². The summed E-state index contributed by atoms with van der Waals surface area (Å²) in [6.07, 6.45) is -9.54. The summed E-state index contributed by atoms with van der Waals surface area (Å²) >= 11 is 0. The number of aliphatic hydroxyl groups is 2. The molecule has 1 aliphatic rings. The number of benzene rings is 1. The summed E-state index contributed by atoms with van der Waals surface area (Å²) in [5, 5.41) is 18.8. The molecule has 3 unspecified atom stereocenters. The van der Waals surface area contributed by atoms with Crippen LogP contribution in [0.4, 0.5) is 17.6 Å². The van der Waals surface area contributed by atoms with E-state index in [0.29, 0.717) is 0 Å². The molecule has 0 aromatic heterocycles. The lowest BCUT2D eigenvalue weighted by atomic mass is 10.1. The van der Waals surface area contributed by atoms with Crippen LogP contribution in [-0.4, -0.2) is 41.0 Å². The van der Waals surface area contributed by atoms with Crippen LogP contribution in [0.1, 0.15) is 24.0 Å². The Labute approximate surface area is 117 Å². The molecule has 4 nitrogen and oxygen atoms in total. The molecule has 0 spiro atoms. The third-order valence-electron chi connectivity index (χ3n) is 3.01. The Balaban J connectivity index is 2.30. The van der Waals surface area contributed by atoms with Gasteiger partial charge in [-0.05, 0) is 12.1 Å². The Morgan fingerprint density at radius 3 is 2.57 bits per heavy atom. The topological polar surface area (TPSA) is 62.0 Å². The van der Waals surface area contributed by atoms with Crippen molar-refractivity contribution in [3.8, 4) is 0 Å². The minimum absolute atomic E-state index is 0.123. The maximum Gasteiger partial charge on any atom is 0.266 e. The first-order chi connectivity index (χ1) is 9.88. The van der Waals surface area contributed by atoms with Crippen LogP contribution in [0.25, 0.3) is 0 Å². The van der Waals surface area contributed by atoms with E-state index in [1.54, 1.807) is 0 Å². The van der Waals surface area contributed by atoms with Crippen LogP contribution in [0.15, 0.2) is 29.3 Å². The number of aliphatic imine (C=N–C) groups is 1. The molecule has 0 aliphatic carbocycles. The number of rotatable bonds is 4. The van der Waals surface area contributed by atoms with Crippen LogP contribution in [0.2, 0.25) is 0 Å². The summed E-state index contributed by atoms with van der Waals surface area (Å²) in [6, 6.07) is 3.75. The van der Waals surface area contributed by atoms with Crippen LogP contribution in [0.5, 0.6) is 0 Å². The molecule has 116 valence electrons. The number of nitrogens with zero attached hydrogens (tertiary/aromatic N) is 1. The third kappa shape index (κ3) is 3.70. The van der Waals surface area contributed by atoms with Crippen molar-refractivity contribution < 1.29 is 32.5 Å². The molecule has 0 amide bonds. The fourth-order valence-corrected chi connectivity index (χ4v) is 1.95. The normalized spacial score (nSPS) is 23.9. The van der Waals surface area contributed by atoms with Gasteiger partial charge in [0.25, 0.3) is 12.9 Å². The highest BCUT2D eigenvalue weighted by Gasteiger charge is 2.34. The molecule has 1 heterocycles. The zero-order valence-electron chi connectivity index (χ0n) is 10.7. The van der Waals surface area contributed by atoms with Gasteiger partial charge >= 0.3 is 0 Å². The highest BCUT2D eigenvalue weighted by molar-refractivity contribution is 5.94. The predicted octanol–water partition coefficient (Wildman–Crippen LogP) is 2.10. The van der Waals surface area contributed by atoms with E-state index in [1.165, 1.54) is 18.2 Å². The van der Waals surface area contributed by atoms with E-state index in [0.717, 1.165) is 6.07 Å². The van der Waals surface area contributed by atoms with Crippen molar-refractivity contribution >= 4 is 5.90 Å². The van der Waals surface area contributed by atoms with Gasteiger partial charge in [0.2, 0.25) is 12.2 Å². The van der Waals surface area contributed by atoms with Gasteiger partial charge in [-0.2, -0.15) is 0 Å². The van der Waals surface area contributed by atoms with Gasteiger partial charge in [-0.1, -0.05) is 12.1 Å². The summed E-state index contributed by atoms with van der Waals surface area (Å²) in [6.45, 7) is 0. The number of hydrogen-bond acceptors (Lipinski definition) is 4. The van der Waals surface area contributed by atoms with E-state index in [4.69, 9.17) is 4.74 Å². The highest BCUT2D eigenvalue weighted by atomic mass is 19.3. The molecule has 1 aromatic carbocycles. The van der Waals surface area contributed by atoms with Crippen molar-refractivity contribution in [1.82, 2.24) is 0 Å². The molecule has 0 fully saturated rings. The minimum atomic E-state index is -3.03. The summed E-state index contributed by atoms with van der Waals surface area (Å²) in [5.74, 6) is -0.249. The van der Waals surface area contributed by atoms with Crippen LogP contribution in [-0.2, 0) is 4.74 Å². The zero-order chi connectivity index (χ0) is 15.6. The molecular formula is C13H13F4NO3. The second kappa shape index (κ2) is 6.40. The van der Waals surface area contributed by atoms with Gasteiger partial charge in [-0.15, -0.1) is 0 Å². The summed E-state index contributed by atoms with van der Waals surface area (Å²) in [5.41, 5.74) is -0.164. The number of ether oxygens (including phenoxy) is 1. The maximum atomic E-state index is 12.6. The van der Waals surface area contributed by atoms with Crippen LogP contribution in [0, 0.1) is 0 Å². The first-order valence-corrected chi connectivity index (χ1v) is 6.15. The van der Waals surface area contributed by atoms with Crippen molar-refractivity contribution in [1.29, 1.82) is 0 Å². The van der Waals surface area contributed by atoms with Crippen molar-refractivity contribution in [2.24, 2.45) is 4.99 Å². The van der Waals surface area contributed by atoms with Gasteiger partial charge < -0.3 is 14.9 Å². The Morgan fingerprint density at radius 2 is 1.95 bits per heavy atom. The lowest BCUT2D eigenvalue weighted by molar-refractivity contribution is -0.0790. The van der Waals surface area contributed by atoms with Gasteiger partial charge in [-0.3, -0.25) is 0 Å². The van der Waals surface area contributed by atoms with Crippen LogP contribution >= 0.6 is 0 Å². The first-order valence-electron chi connectivity index (χ1n) is 6.15. The van der Waals surface area contributed by atoms with Gasteiger partial charge in [-0.25, -0.2) is 22.6 Å². The average molecular weight is 307 g/mol. The number of alkyl halides is 4. The fourth-order valence-electron chi connectivity index (χ4n) is 1.95. The van der Waals surface area contributed by atoms with E-state index in [1.807, 2.05) is 0 Å². The van der Waals surface area contributed by atoms with Gasteiger partial charge in [0.05, 0.1) is 6.04 Å². The highest BCUT2D eigenvalue weighted by Crippen LogP contribution is 2.24. The Hall–Kier alpha value is -1.67. The molecule has 0 saturated carbocycles. The molecular weight excluding hydrogens is 294 g/mol. The second-order valence-electron chi connectivity index (χ2n) is 4.56. The third-order valence-corrected chi connectivity index (χ3v) is 3.01. The molecule has 1 aromatic rings. The standard InChI is InChI=1S/C13H13F4NO3/c14-11(15)6-2-1-3-7(4-6)13-18-8(5-9(19)21-13)10(20)12(16)17/h1-4,8-12,19-20H,5H2. The molecule has 0 radical (unpaired) electrons. The van der Waals surface area contributed by atoms with Gasteiger partial charge in [0.15, 0.2) is 0 Å². The van der Waals surface area contributed by atoms with Crippen molar-refractivity contribution in [3.05, 3.63) is 35.4 Å².